The topological polar surface area (TPSA) is 86.8 Å². The Labute approximate surface area is 282 Å². The number of carbonyl (C=O) groups excluding carboxylic acids is 2. The molecule has 0 aliphatic carbocycles. The summed E-state index contributed by atoms with van der Waals surface area (Å²) >= 11 is 12.3. The van der Waals surface area contributed by atoms with Gasteiger partial charge in [-0.25, -0.2) is 8.42 Å². The molecule has 248 valence electrons. The first kappa shape index (κ1) is 35.8. The molecule has 0 unspecified atom stereocenters. The number of nitrogens with one attached hydrogen (secondary N) is 1. The molecule has 0 fully saturated rings. The van der Waals surface area contributed by atoms with Crippen molar-refractivity contribution < 1.29 is 31.2 Å². The van der Waals surface area contributed by atoms with Crippen LogP contribution in [0.1, 0.15) is 29.2 Å². The molecule has 0 heterocycles. The zero-order valence-corrected chi connectivity index (χ0v) is 27.8. The van der Waals surface area contributed by atoms with Crippen LogP contribution in [0.5, 0.6) is 0 Å². The molecular weight excluding hydrogens is 674 g/mol. The number of anilines is 1. The van der Waals surface area contributed by atoms with E-state index < -0.39 is 56.9 Å². The Morgan fingerprint density at radius 3 is 2.13 bits per heavy atom. The molecule has 4 aromatic carbocycles. The molecule has 0 aliphatic rings. The van der Waals surface area contributed by atoms with E-state index in [2.05, 4.69) is 5.32 Å². The molecule has 4 aromatic rings. The van der Waals surface area contributed by atoms with E-state index in [1.54, 1.807) is 68.4 Å². The molecule has 0 radical (unpaired) electrons. The van der Waals surface area contributed by atoms with Crippen LogP contribution in [0.3, 0.4) is 0 Å². The third-order valence-corrected chi connectivity index (χ3v) is 9.84. The first-order chi connectivity index (χ1) is 22.2. The highest BCUT2D eigenvalue weighted by molar-refractivity contribution is 7.92. The Morgan fingerprint density at radius 1 is 0.872 bits per heavy atom. The van der Waals surface area contributed by atoms with Crippen LogP contribution in [0.25, 0.3) is 0 Å². The summed E-state index contributed by atoms with van der Waals surface area (Å²) in [6, 6.07) is 22.7. The number of carbonyl (C=O) groups is 2. The molecule has 13 heteroatoms. The first-order valence-electron chi connectivity index (χ1n) is 14.5. The normalized spacial score (nSPS) is 12.3. The van der Waals surface area contributed by atoms with Crippen molar-refractivity contribution in [3.8, 4) is 0 Å². The number of halogens is 5. The maximum absolute atomic E-state index is 14.4. The highest BCUT2D eigenvalue weighted by Gasteiger charge is 2.37. The predicted octanol–water partition coefficient (Wildman–Crippen LogP) is 7.29. The number of amides is 2. The minimum absolute atomic E-state index is 0.0622. The summed E-state index contributed by atoms with van der Waals surface area (Å²) in [5.41, 5.74) is 0.228. The SMILES string of the molecule is CCNC(=O)[C@@H](Cc1ccccc1)N(Cc1ccccc1Cl)C(=O)CN(c1ccc(Cl)c(C(F)(F)F)c1)S(=O)(=O)c1ccc(C)cc1. The van der Waals surface area contributed by atoms with Crippen molar-refractivity contribution in [3.05, 3.63) is 129 Å². The molecule has 0 saturated heterocycles. The minimum Gasteiger partial charge on any atom is -0.355 e. The van der Waals surface area contributed by atoms with Crippen molar-refractivity contribution in [2.24, 2.45) is 0 Å². The fourth-order valence-corrected chi connectivity index (χ4v) is 6.73. The third kappa shape index (κ3) is 8.85. The molecule has 1 atom stereocenters. The second-order valence-electron chi connectivity index (χ2n) is 10.7. The van der Waals surface area contributed by atoms with Crippen LogP contribution >= 0.6 is 23.2 Å². The number of hydrogen-bond donors (Lipinski definition) is 1. The van der Waals surface area contributed by atoms with Gasteiger partial charge in [0.05, 0.1) is 21.2 Å². The summed E-state index contributed by atoms with van der Waals surface area (Å²) in [6.45, 7) is 2.57. The number of likely N-dealkylation sites (N-methyl/N-ethyl adjacent to an activating group) is 1. The lowest BCUT2D eigenvalue weighted by molar-refractivity contribution is -0.140. The van der Waals surface area contributed by atoms with Gasteiger partial charge in [-0.05, 0) is 61.4 Å². The van der Waals surface area contributed by atoms with Gasteiger partial charge in [0.25, 0.3) is 10.0 Å². The number of aryl methyl sites for hydroxylation is 1. The monoisotopic (exact) mass is 705 g/mol. The molecule has 47 heavy (non-hydrogen) atoms. The molecule has 0 spiro atoms. The number of nitrogens with zero attached hydrogens (tertiary/aromatic N) is 2. The number of sulfonamides is 1. The number of benzene rings is 4. The summed E-state index contributed by atoms with van der Waals surface area (Å²) in [5, 5.41) is 2.40. The van der Waals surface area contributed by atoms with Gasteiger partial charge in [-0.15, -0.1) is 0 Å². The van der Waals surface area contributed by atoms with Crippen LogP contribution in [0.2, 0.25) is 10.0 Å². The molecule has 1 N–H and O–H groups in total. The van der Waals surface area contributed by atoms with Crippen LogP contribution in [0.15, 0.2) is 102 Å². The molecule has 0 saturated carbocycles. The van der Waals surface area contributed by atoms with Crippen molar-refractivity contribution in [2.75, 3.05) is 17.4 Å². The Hall–Kier alpha value is -4.06. The van der Waals surface area contributed by atoms with Gasteiger partial charge < -0.3 is 10.2 Å². The molecule has 2 amide bonds. The van der Waals surface area contributed by atoms with Gasteiger partial charge in [-0.2, -0.15) is 13.2 Å². The largest absolute Gasteiger partial charge is 0.417 e. The molecule has 7 nitrogen and oxygen atoms in total. The maximum Gasteiger partial charge on any atom is 0.417 e. The fourth-order valence-electron chi connectivity index (χ4n) is 4.91. The lowest BCUT2D eigenvalue weighted by atomic mass is 10.0. The van der Waals surface area contributed by atoms with Crippen molar-refractivity contribution in [1.29, 1.82) is 0 Å². The third-order valence-electron chi connectivity index (χ3n) is 7.35. The van der Waals surface area contributed by atoms with Crippen LogP contribution in [0, 0.1) is 6.92 Å². The fraction of sp³-hybridized carbons (Fsp3) is 0.235. The predicted molar refractivity (Wildman–Crippen MR) is 177 cm³/mol. The summed E-state index contributed by atoms with van der Waals surface area (Å²) in [6.07, 6.45) is -4.85. The van der Waals surface area contributed by atoms with Gasteiger partial charge in [-0.3, -0.25) is 13.9 Å². The lowest BCUT2D eigenvalue weighted by Gasteiger charge is -2.34. The Bertz CT molecular complexity index is 1820. The van der Waals surface area contributed by atoms with Crippen LogP contribution in [-0.4, -0.2) is 44.3 Å². The molecule has 0 aliphatic heterocycles. The van der Waals surface area contributed by atoms with Gasteiger partial charge >= 0.3 is 6.18 Å². The summed E-state index contributed by atoms with van der Waals surface area (Å²) in [7, 11) is -4.62. The van der Waals surface area contributed by atoms with E-state index in [0.29, 0.717) is 21.0 Å². The van der Waals surface area contributed by atoms with Crippen molar-refractivity contribution in [2.45, 2.75) is 43.9 Å². The second kappa shape index (κ2) is 15.2. The van der Waals surface area contributed by atoms with Crippen molar-refractivity contribution >= 4 is 50.7 Å². The van der Waals surface area contributed by atoms with E-state index in [-0.39, 0.29) is 24.4 Å². The number of alkyl halides is 3. The zero-order valence-electron chi connectivity index (χ0n) is 25.5. The number of rotatable bonds is 12. The zero-order chi connectivity index (χ0) is 34.4. The molecule has 0 aromatic heterocycles. The van der Waals surface area contributed by atoms with Gasteiger partial charge in [0.15, 0.2) is 0 Å². The van der Waals surface area contributed by atoms with Crippen LogP contribution < -0.4 is 9.62 Å². The molecule has 0 bridgehead atoms. The standard InChI is InChI=1S/C34H32Cl2F3N3O4S/c1-3-40-33(44)31(19-24-9-5-4-6-10-24)41(21-25-11-7-8-12-29(25)35)32(43)22-42(47(45,46)27-16-13-23(2)14-17-27)26-15-18-30(36)28(20-26)34(37,38)39/h4-18,20,31H,3,19,21-22H2,1-2H3,(H,40,44)/t31-/m1/s1. The van der Waals surface area contributed by atoms with Crippen molar-refractivity contribution in [1.82, 2.24) is 10.2 Å². The summed E-state index contributed by atoms with van der Waals surface area (Å²) < 4.78 is 70.5. The maximum atomic E-state index is 14.4. The highest BCUT2D eigenvalue weighted by Crippen LogP contribution is 2.38. The smallest absolute Gasteiger partial charge is 0.355 e. The van der Waals surface area contributed by atoms with E-state index in [1.165, 1.54) is 29.2 Å². The first-order valence-corrected chi connectivity index (χ1v) is 16.7. The second-order valence-corrected chi connectivity index (χ2v) is 13.4. The van der Waals surface area contributed by atoms with E-state index in [0.717, 1.165) is 23.3 Å². The van der Waals surface area contributed by atoms with Crippen LogP contribution in [0.4, 0.5) is 18.9 Å². The summed E-state index contributed by atoms with van der Waals surface area (Å²) in [4.78, 5) is 28.9. The number of hydrogen-bond acceptors (Lipinski definition) is 4. The Kier molecular flexibility index (Phi) is 11.6. The van der Waals surface area contributed by atoms with Gasteiger partial charge in [-0.1, -0.05) is 89.4 Å². The Balaban J connectivity index is 1.87. The molecular formula is C34H32Cl2F3N3O4S. The molecule has 4 rings (SSSR count). The van der Waals surface area contributed by atoms with E-state index in [1.807, 2.05) is 0 Å². The average Bonchev–Trinajstić information content (AvgIpc) is 3.03. The van der Waals surface area contributed by atoms with Gasteiger partial charge in [0.1, 0.15) is 12.6 Å². The van der Waals surface area contributed by atoms with E-state index in [4.69, 9.17) is 23.2 Å². The highest BCUT2D eigenvalue weighted by atomic mass is 35.5. The van der Waals surface area contributed by atoms with Crippen molar-refractivity contribution in [3.63, 3.8) is 0 Å². The lowest BCUT2D eigenvalue weighted by Crippen LogP contribution is -2.53. The van der Waals surface area contributed by atoms with Gasteiger partial charge in [0, 0.05) is 24.5 Å². The average molecular weight is 707 g/mol. The minimum atomic E-state index is -4.91. The Morgan fingerprint density at radius 2 is 1.51 bits per heavy atom. The quantitative estimate of drug-likeness (QED) is 0.168. The van der Waals surface area contributed by atoms with E-state index >= 15 is 0 Å². The summed E-state index contributed by atoms with van der Waals surface area (Å²) in [5.74, 6) is -1.35. The van der Waals surface area contributed by atoms with Crippen LogP contribution in [-0.2, 0) is 38.8 Å². The van der Waals surface area contributed by atoms with E-state index in [9.17, 15) is 31.2 Å². The van der Waals surface area contributed by atoms with Gasteiger partial charge in [0.2, 0.25) is 11.8 Å².